The van der Waals surface area contributed by atoms with Gasteiger partial charge in [-0.05, 0) is 39.4 Å². The van der Waals surface area contributed by atoms with Crippen LogP contribution >= 0.6 is 0 Å². The molecule has 0 bridgehead atoms. The zero-order valence-electron chi connectivity index (χ0n) is 11.5. The van der Waals surface area contributed by atoms with Crippen molar-refractivity contribution >= 4 is 0 Å². The molecule has 0 saturated carbocycles. The summed E-state index contributed by atoms with van der Waals surface area (Å²) in [4.78, 5) is 4.92. The molecule has 2 aliphatic heterocycles. The van der Waals surface area contributed by atoms with Crippen LogP contribution in [0.3, 0.4) is 0 Å². The quantitative estimate of drug-likeness (QED) is 0.746. The largest absolute Gasteiger partial charge is 0.380 e. The van der Waals surface area contributed by atoms with Crippen molar-refractivity contribution in [3.8, 4) is 0 Å². The molecule has 0 aromatic carbocycles. The standard InChI is InChI=1S/C13H27N3O/c1-15-5-4-11(8-15)9-16(2)10-12-6-13(17-3)7-14-12/h11-14H,4-10H2,1-3H3. The number of hydrogen-bond donors (Lipinski definition) is 1. The van der Waals surface area contributed by atoms with E-state index in [0.29, 0.717) is 12.1 Å². The van der Waals surface area contributed by atoms with Gasteiger partial charge in [0.1, 0.15) is 0 Å². The van der Waals surface area contributed by atoms with Crippen molar-refractivity contribution < 1.29 is 4.74 Å². The van der Waals surface area contributed by atoms with E-state index in [-0.39, 0.29) is 0 Å². The third-order valence-electron chi connectivity index (χ3n) is 4.11. The number of methoxy groups -OCH3 is 1. The number of nitrogens with zero attached hydrogens (tertiary/aromatic N) is 2. The van der Waals surface area contributed by atoms with E-state index >= 15 is 0 Å². The highest BCUT2D eigenvalue weighted by Gasteiger charge is 2.26. The first-order valence-electron chi connectivity index (χ1n) is 6.80. The Morgan fingerprint density at radius 3 is 2.82 bits per heavy atom. The third-order valence-corrected chi connectivity index (χ3v) is 4.11. The molecule has 3 atom stereocenters. The summed E-state index contributed by atoms with van der Waals surface area (Å²) in [5, 5.41) is 3.55. The van der Waals surface area contributed by atoms with Crippen LogP contribution < -0.4 is 5.32 Å². The lowest BCUT2D eigenvalue weighted by Crippen LogP contribution is -2.38. The summed E-state index contributed by atoms with van der Waals surface area (Å²) in [5.41, 5.74) is 0. The molecule has 0 aromatic heterocycles. The zero-order valence-corrected chi connectivity index (χ0v) is 11.5. The first-order valence-corrected chi connectivity index (χ1v) is 6.80. The van der Waals surface area contributed by atoms with Crippen molar-refractivity contribution in [2.75, 3.05) is 53.9 Å². The van der Waals surface area contributed by atoms with Crippen LogP contribution in [0.1, 0.15) is 12.8 Å². The minimum absolute atomic E-state index is 0.422. The van der Waals surface area contributed by atoms with Gasteiger partial charge in [0, 0.05) is 39.3 Å². The second-order valence-electron chi connectivity index (χ2n) is 5.84. The van der Waals surface area contributed by atoms with E-state index in [2.05, 4.69) is 29.2 Å². The normalized spacial score (nSPS) is 34.9. The molecular formula is C13H27N3O. The van der Waals surface area contributed by atoms with Crippen LogP contribution in [0.4, 0.5) is 0 Å². The number of nitrogens with one attached hydrogen (secondary N) is 1. The molecule has 17 heavy (non-hydrogen) atoms. The molecule has 3 unspecified atom stereocenters. The molecule has 2 heterocycles. The third kappa shape index (κ3) is 3.91. The molecule has 2 saturated heterocycles. The van der Waals surface area contributed by atoms with Crippen LogP contribution in [0.25, 0.3) is 0 Å². The lowest BCUT2D eigenvalue weighted by Gasteiger charge is -2.24. The van der Waals surface area contributed by atoms with Gasteiger partial charge in [-0.25, -0.2) is 0 Å². The second-order valence-corrected chi connectivity index (χ2v) is 5.84. The van der Waals surface area contributed by atoms with Gasteiger partial charge >= 0.3 is 0 Å². The average Bonchev–Trinajstić information content (AvgIpc) is 2.88. The van der Waals surface area contributed by atoms with Gasteiger partial charge in [0.15, 0.2) is 0 Å². The van der Waals surface area contributed by atoms with E-state index in [0.717, 1.165) is 25.4 Å². The summed E-state index contributed by atoms with van der Waals surface area (Å²) in [5.74, 6) is 0.865. The Kier molecular flexibility index (Phi) is 4.79. The Morgan fingerprint density at radius 2 is 2.24 bits per heavy atom. The van der Waals surface area contributed by atoms with Gasteiger partial charge in [0.25, 0.3) is 0 Å². The lowest BCUT2D eigenvalue weighted by atomic mass is 10.1. The van der Waals surface area contributed by atoms with E-state index in [1.54, 1.807) is 0 Å². The summed E-state index contributed by atoms with van der Waals surface area (Å²) < 4.78 is 5.38. The van der Waals surface area contributed by atoms with Gasteiger partial charge in [-0.15, -0.1) is 0 Å². The molecular weight excluding hydrogens is 214 g/mol. The SMILES string of the molecule is COC1CNC(CN(C)CC2CCN(C)C2)C1. The average molecular weight is 241 g/mol. The van der Waals surface area contributed by atoms with Crippen molar-refractivity contribution in [3.63, 3.8) is 0 Å². The fourth-order valence-electron chi connectivity index (χ4n) is 3.17. The number of hydrogen-bond acceptors (Lipinski definition) is 4. The monoisotopic (exact) mass is 241 g/mol. The summed E-state index contributed by atoms with van der Waals surface area (Å²) in [6, 6.07) is 0.615. The van der Waals surface area contributed by atoms with Crippen LogP contribution in [0.2, 0.25) is 0 Å². The second kappa shape index (κ2) is 6.14. The molecule has 4 nitrogen and oxygen atoms in total. The van der Waals surface area contributed by atoms with Crippen molar-refractivity contribution in [1.82, 2.24) is 15.1 Å². The van der Waals surface area contributed by atoms with E-state index in [4.69, 9.17) is 4.74 Å². The molecule has 2 rings (SSSR count). The molecule has 0 spiro atoms. The molecule has 0 aliphatic carbocycles. The van der Waals surface area contributed by atoms with Gasteiger partial charge in [-0.2, -0.15) is 0 Å². The van der Waals surface area contributed by atoms with Gasteiger partial charge in [-0.1, -0.05) is 0 Å². The molecule has 0 amide bonds. The van der Waals surface area contributed by atoms with Crippen LogP contribution in [0.5, 0.6) is 0 Å². The van der Waals surface area contributed by atoms with Gasteiger partial charge in [0.05, 0.1) is 6.10 Å². The fraction of sp³-hybridized carbons (Fsp3) is 1.00. The minimum atomic E-state index is 0.422. The van der Waals surface area contributed by atoms with Crippen molar-refractivity contribution in [3.05, 3.63) is 0 Å². The first-order chi connectivity index (χ1) is 8.17. The van der Waals surface area contributed by atoms with Crippen LogP contribution in [0, 0.1) is 5.92 Å². The predicted molar refractivity (Wildman–Crippen MR) is 70.3 cm³/mol. The van der Waals surface area contributed by atoms with Gasteiger partial charge < -0.3 is 19.9 Å². The van der Waals surface area contributed by atoms with Crippen molar-refractivity contribution in [2.24, 2.45) is 5.92 Å². The number of ether oxygens (including phenoxy) is 1. The maximum Gasteiger partial charge on any atom is 0.0711 e. The molecule has 0 radical (unpaired) electrons. The topological polar surface area (TPSA) is 27.7 Å². The zero-order chi connectivity index (χ0) is 12.3. The Hall–Kier alpha value is -0.160. The fourth-order valence-corrected chi connectivity index (χ4v) is 3.17. The first kappa shape index (κ1) is 13.3. The Labute approximate surface area is 105 Å². The number of rotatable bonds is 5. The molecule has 2 fully saturated rings. The van der Waals surface area contributed by atoms with Crippen molar-refractivity contribution in [1.29, 1.82) is 0 Å². The molecule has 4 heteroatoms. The summed E-state index contributed by atoms with van der Waals surface area (Å²) in [6.45, 7) is 5.94. The molecule has 100 valence electrons. The van der Waals surface area contributed by atoms with Crippen LogP contribution in [-0.2, 0) is 4.74 Å². The summed E-state index contributed by atoms with van der Waals surface area (Å²) >= 11 is 0. The number of likely N-dealkylation sites (tertiary alicyclic amines) is 1. The predicted octanol–water partition coefficient (Wildman–Crippen LogP) is 0.247. The Bertz CT molecular complexity index is 237. The molecule has 1 N–H and O–H groups in total. The highest BCUT2D eigenvalue weighted by Crippen LogP contribution is 2.16. The van der Waals surface area contributed by atoms with Crippen LogP contribution in [0.15, 0.2) is 0 Å². The van der Waals surface area contributed by atoms with Crippen molar-refractivity contribution in [2.45, 2.75) is 25.0 Å². The Balaban J connectivity index is 1.65. The molecule has 2 aliphatic rings. The van der Waals surface area contributed by atoms with E-state index in [9.17, 15) is 0 Å². The minimum Gasteiger partial charge on any atom is -0.380 e. The van der Waals surface area contributed by atoms with E-state index in [1.807, 2.05) is 7.11 Å². The summed E-state index contributed by atoms with van der Waals surface area (Å²) in [6.07, 6.45) is 2.94. The van der Waals surface area contributed by atoms with Gasteiger partial charge in [0.2, 0.25) is 0 Å². The van der Waals surface area contributed by atoms with E-state index < -0.39 is 0 Å². The van der Waals surface area contributed by atoms with Crippen LogP contribution in [-0.4, -0.2) is 75.9 Å². The van der Waals surface area contributed by atoms with Gasteiger partial charge in [-0.3, -0.25) is 0 Å². The lowest BCUT2D eigenvalue weighted by molar-refractivity contribution is 0.116. The number of likely N-dealkylation sites (N-methyl/N-ethyl adjacent to an activating group) is 1. The smallest absolute Gasteiger partial charge is 0.0711 e. The highest BCUT2D eigenvalue weighted by atomic mass is 16.5. The Morgan fingerprint density at radius 1 is 1.41 bits per heavy atom. The maximum absolute atomic E-state index is 5.38. The highest BCUT2D eigenvalue weighted by molar-refractivity contribution is 4.85. The summed E-state index contributed by atoms with van der Waals surface area (Å²) in [7, 11) is 6.29. The maximum atomic E-state index is 5.38. The molecule has 0 aromatic rings. The van der Waals surface area contributed by atoms with E-state index in [1.165, 1.54) is 26.1 Å².